The van der Waals surface area contributed by atoms with Crippen molar-refractivity contribution < 1.29 is 9.52 Å². The minimum Gasteiger partial charge on any atom is -0.407 e. The van der Waals surface area contributed by atoms with Gasteiger partial charge in [0.05, 0.1) is 12.6 Å². The zero-order valence-electron chi connectivity index (χ0n) is 11.9. The Balaban J connectivity index is 2.47. The number of hydrogen-bond donors (Lipinski definition) is 2. The molecule has 0 spiro atoms. The molecule has 1 aromatic rings. The second-order valence-corrected chi connectivity index (χ2v) is 5.64. The highest BCUT2D eigenvalue weighted by Crippen LogP contribution is 2.12. The number of aliphatic hydroxyl groups is 1. The van der Waals surface area contributed by atoms with Crippen LogP contribution in [-0.2, 0) is 6.54 Å². The number of anilines is 1. The summed E-state index contributed by atoms with van der Waals surface area (Å²) >= 11 is 0. The highest BCUT2D eigenvalue weighted by Gasteiger charge is 2.14. The average Bonchev–Trinajstić information content (AvgIpc) is 2.70. The fourth-order valence-corrected chi connectivity index (χ4v) is 1.29. The van der Waals surface area contributed by atoms with Gasteiger partial charge < -0.3 is 19.7 Å². The summed E-state index contributed by atoms with van der Waals surface area (Å²) in [4.78, 5) is 1.85. The van der Waals surface area contributed by atoms with Crippen LogP contribution in [0.25, 0.3) is 0 Å². The van der Waals surface area contributed by atoms with Crippen molar-refractivity contribution in [2.24, 2.45) is 0 Å². The molecule has 1 unspecified atom stereocenters. The highest BCUT2D eigenvalue weighted by molar-refractivity contribution is 5.21. The predicted molar refractivity (Wildman–Crippen MR) is 70.5 cm³/mol. The Morgan fingerprint density at radius 1 is 1.39 bits per heavy atom. The van der Waals surface area contributed by atoms with E-state index in [0.29, 0.717) is 31.4 Å². The lowest BCUT2D eigenvalue weighted by molar-refractivity contribution is 0.186. The largest absolute Gasteiger partial charge is 0.407 e. The van der Waals surface area contributed by atoms with Crippen LogP contribution >= 0.6 is 0 Å². The first-order chi connectivity index (χ1) is 8.28. The van der Waals surface area contributed by atoms with E-state index in [1.165, 1.54) is 0 Å². The van der Waals surface area contributed by atoms with Crippen molar-refractivity contribution >= 4 is 6.01 Å². The molecule has 0 aromatic carbocycles. The lowest BCUT2D eigenvalue weighted by Gasteiger charge is -2.18. The minimum absolute atomic E-state index is 0.0207. The molecule has 0 amide bonds. The van der Waals surface area contributed by atoms with Crippen LogP contribution in [-0.4, -0.2) is 40.5 Å². The molecule has 0 saturated carbocycles. The molecule has 104 valence electrons. The molecule has 0 fully saturated rings. The van der Waals surface area contributed by atoms with E-state index in [1.807, 2.05) is 11.9 Å². The molecule has 0 radical (unpaired) electrons. The van der Waals surface area contributed by atoms with Gasteiger partial charge in [-0.05, 0) is 34.1 Å². The van der Waals surface area contributed by atoms with E-state index in [-0.39, 0.29) is 11.6 Å². The van der Waals surface area contributed by atoms with Gasteiger partial charge in [0.2, 0.25) is 5.89 Å². The second-order valence-electron chi connectivity index (χ2n) is 5.64. The Labute approximate surface area is 108 Å². The Morgan fingerprint density at radius 2 is 2.06 bits per heavy atom. The molecule has 0 aliphatic heterocycles. The first-order valence-corrected chi connectivity index (χ1v) is 6.24. The average molecular weight is 256 g/mol. The summed E-state index contributed by atoms with van der Waals surface area (Å²) in [7, 11) is 1.87. The standard InChI is InChI=1S/C12H24N4O2/c1-9(17)6-7-16(5)11-15-14-10(18-11)8-13-12(2,3)4/h9,13,17H,6-8H2,1-5H3. The van der Waals surface area contributed by atoms with Crippen LogP contribution in [0.15, 0.2) is 4.42 Å². The van der Waals surface area contributed by atoms with E-state index < -0.39 is 0 Å². The first kappa shape index (κ1) is 14.9. The second kappa shape index (κ2) is 6.15. The SMILES string of the molecule is CC(O)CCN(C)c1nnc(CNC(C)(C)C)o1. The van der Waals surface area contributed by atoms with E-state index in [1.54, 1.807) is 6.92 Å². The molecule has 1 aromatic heterocycles. The molecule has 1 atom stereocenters. The number of hydrogen-bond acceptors (Lipinski definition) is 6. The van der Waals surface area contributed by atoms with Crippen molar-refractivity contribution in [3.63, 3.8) is 0 Å². The zero-order chi connectivity index (χ0) is 13.8. The quantitative estimate of drug-likeness (QED) is 0.795. The van der Waals surface area contributed by atoms with Gasteiger partial charge in [-0.25, -0.2) is 0 Å². The van der Waals surface area contributed by atoms with Gasteiger partial charge in [-0.15, -0.1) is 5.10 Å². The van der Waals surface area contributed by atoms with E-state index in [2.05, 4.69) is 36.3 Å². The van der Waals surface area contributed by atoms with E-state index in [9.17, 15) is 5.11 Å². The minimum atomic E-state index is -0.322. The predicted octanol–water partition coefficient (Wildman–Crippen LogP) is 1.16. The topological polar surface area (TPSA) is 74.4 Å². The summed E-state index contributed by atoms with van der Waals surface area (Å²) in [5.74, 6) is 0.573. The normalized spacial score (nSPS) is 13.7. The van der Waals surface area contributed by atoms with Crippen molar-refractivity contribution in [1.82, 2.24) is 15.5 Å². The fourth-order valence-electron chi connectivity index (χ4n) is 1.29. The van der Waals surface area contributed by atoms with Crippen LogP contribution in [0.2, 0.25) is 0 Å². The molecule has 1 rings (SSSR count). The van der Waals surface area contributed by atoms with Crippen molar-refractivity contribution in [1.29, 1.82) is 0 Å². The lowest BCUT2D eigenvalue weighted by atomic mass is 10.1. The van der Waals surface area contributed by atoms with Crippen molar-refractivity contribution in [3.8, 4) is 0 Å². The Kier molecular flexibility index (Phi) is 5.10. The number of rotatable bonds is 6. The maximum Gasteiger partial charge on any atom is 0.317 e. The van der Waals surface area contributed by atoms with Crippen molar-refractivity contribution in [2.75, 3.05) is 18.5 Å². The number of nitrogens with zero attached hydrogens (tertiary/aromatic N) is 3. The monoisotopic (exact) mass is 256 g/mol. The molecular weight excluding hydrogens is 232 g/mol. The highest BCUT2D eigenvalue weighted by atomic mass is 16.4. The Bertz CT molecular complexity index is 357. The molecule has 6 nitrogen and oxygen atoms in total. The van der Waals surface area contributed by atoms with Gasteiger partial charge in [-0.3, -0.25) is 0 Å². The van der Waals surface area contributed by atoms with Crippen LogP contribution in [0.3, 0.4) is 0 Å². The summed E-state index contributed by atoms with van der Waals surface area (Å²) in [6, 6.07) is 0.487. The van der Waals surface area contributed by atoms with Gasteiger partial charge >= 0.3 is 6.01 Å². The molecule has 0 aliphatic carbocycles. The Hall–Kier alpha value is -1.14. The van der Waals surface area contributed by atoms with E-state index in [0.717, 1.165) is 0 Å². The molecule has 0 aliphatic rings. The van der Waals surface area contributed by atoms with Crippen LogP contribution in [0.4, 0.5) is 6.01 Å². The molecule has 0 bridgehead atoms. The van der Waals surface area contributed by atoms with Crippen LogP contribution < -0.4 is 10.2 Å². The molecule has 2 N–H and O–H groups in total. The maximum atomic E-state index is 9.22. The van der Waals surface area contributed by atoms with Gasteiger partial charge in [0.25, 0.3) is 0 Å². The summed E-state index contributed by atoms with van der Waals surface area (Å²) in [5, 5.41) is 20.5. The van der Waals surface area contributed by atoms with Crippen molar-refractivity contribution in [2.45, 2.75) is 52.3 Å². The smallest absolute Gasteiger partial charge is 0.317 e. The van der Waals surface area contributed by atoms with Gasteiger partial charge in [0.15, 0.2) is 0 Å². The zero-order valence-corrected chi connectivity index (χ0v) is 11.9. The molecule has 6 heteroatoms. The van der Waals surface area contributed by atoms with Gasteiger partial charge in [0, 0.05) is 19.1 Å². The summed E-state index contributed by atoms with van der Waals surface area (Å²) in [6.45, 7) is 9.25. The lowest BCUT2D eigenvalue weighted by Crippen LogP contribution is -2.35. The third kappa shape index (κ3) is 5.46. The van der Waals surface area contributed by atoms with Crippen LogP contribution in [0, 0.1) is 0 Å². The van der Waals surface area contributed by atoms with Gasteiger partial charge in [-0.1, -0.05) is 5.10 Å². The molecule has 18 heavy (non-hydrogen) atoms. The number of aliphatic hydroxyl groups excluding tert-OH is 1. The van der Waals surface area contributed by atoms with Gasteiger partial charge in [-0.2, -0.15) is 0 Å². The fraction of sp³-hybridized carbons (Fsp3) is 0.833. The Morgan fingerprint density at radius 3 is 2.61 bits per heavy atom. The third-order valence-corrected chi connectivity index (χ3v) is 2.43. The number of aromatic nitrogens is 2. The third-order valence-electron chi connectivity index (χ3n) is 2.43. The van der Waals surface area contributed by atoms with E-state index in [4.69, 9.17) is 4.42 Å². The summed E-state index contributed by atoms with van der Waals surface area (Å²) in [5.41, 5.74) is 0.0207. The molecular formula is C12H24N4O2. The molecule has 0 saturated heterocycles. The maximum absolute atomic E-state index is 9.22. The summed E-state index contributed by atoms with van der Waals surface area (Å²) in [6.07, 6.45) is 0.353. The van der Waals surface area contributed by atoms with Crippen LogP contribution in [0.5, 0.6) is 0 Å². The molecule has 1 heterocycles. The summed E-state index contributed by atoms with van der Waals surface area (Å²) < 4.78 is 5.53. The van der Waals surface area contributed by atoms with Crippen LogP contribution in [0.1, 0.15) is 40.0 Å². The number of nitrogens with one attached hydrogen (secondary N) is 1. The van der Waals surface area contributed by atoms with E-state index >= 15 is 0 Å². The van der Waals surface area contributed by atoms with Crippen molar-refractivity contribution in [3.05, 3.63) is 5.89 Å². The first-order valence-electron chi connectivity index (χ1n) is 6.24. The van der Waals surface area contributed by atoms with Gasteiger partial charge in [0.1, 0.15) is 0 Å².